The molecule has 0 spiro atoms. The fraction of sp³-hybridized carbons (Fsp3) is 0.455. The van der Waals surface area contributed by atoms with Crippen molar-refractivity contribution in [3.63, 3.8) is 0 Å². The second-order valence-corrected chi connectivity index (χ2v) is 7.12. The van der Waals surface area contributed by atoms with Crippen molar-refractivity contribution < 1.29 is 14.6 Å². The molecule has 0 saturated carbocycles. The standard InChI is InChI=1S/C22H29N3O3/c1-4-6-8-12-25-21(22(26)27)14-19(23-25)18-15-24(11-7-5-2)20-13-16(28-3)9-10-17(18)20/h9-10,13-15H,4-8,11-12H2,1-3H3,(H,26,27). The lowest BCUT2D eigenvalue weighted by Gasteiger charge is -2.05. The van der Waals surface area contributed by atoms with Gasteiger partial charge in [-0.05, 0) is 31.0 Å². The molecule has 0 aliphatic carbocycles. The number of carbonyl (C=O) groups is 1. The number of carboxylic acid groups (broad SMARTS) is 1. The third-order valence-corrected chi connectivity index (χ3v) is 5.09. The second-order valence-electron chi connectivity index (χ2n) is 7.12. The third-order valence-electron chi connectivity index (χ3n) is 5.09. The molecule has 1 N–H and O–H groups in total. The summed E-state index contributed by atoms with van der Waals surface area (Å²) in [6, 6.07) is 7.69. The molecule has 6 heteroatoms. The summed E-state index contributed by atoms with van der Waals surface area (Å²) in [5.74, 6) is -0.127. The van der Waals surface area contributed by atoms with Gasteiger partial charge in [0.05, 0.1) is 18.3 Å². The number of benzene rings is 1. The molecule has 0 unspecified atom stereocenters. The highest BCUT2D eigenvalue weighted by Gasteiger charge is 2.19. The van der Waals surface area contributed by atoms with Crippen molar-refractivity contribution in [1.82, 2.24) is 14.3 Å². The van der Waals surface area contributed by atoms with Crippen LogP contribution in [0.5, 0.6) is 5.75 Å². The zero-order valence-electron chi connectivity index (χ0n) is 16.9. The zero-order chi connectivity index (χ0) is 20.1. The number of aromatic nitrogens is 3. The van der Waals surface area contributed by atoms with Crippen LogP contribution < -0.4 is 4.74 Å². The van der Waals surface area contributed by atoms with Gasteiger partial charge in [-0.3, -0.25) is 4.68 Å². The number of ether oxygens (including phenoxy) is 1. The van der Waals surface area contributed by atoms with E-state index in [-0.39, 0.29) is 5.69 Å². The van der Waals surface area contributed by atoms with Gasteiger partial charge in [0.1, 0.15) is 11.4 Å². The summed E-state index contributed by atoms with van der Waals surface area (Å²) in [4.78, 5) is 11.7. The fourth-order valence-corrected chi connectivity index (χ4v) is 3.52. The van der Waals surface area contributed by atoms with Crippen LogP contribution in [0.25, 0.3) is 22.2 Å². The number of methoxy groups -OCH3 is 1. The molecule has 0 aliphatic heterocycles. The minimum absolute atomic E-state index is 0.245. The van der Waals surface area contributed by atoms with Crippen LogP contribution in [0.4, 0.5) is 0 Å². The number of nitrogens with zero attached hydrogens (tertiary/aromatic N) is 3. The Balaban J connectivity index is 2.07. The lowest BCUT2D eigenvalue weighted by molar-refractivity contribution is 0.0683. The van der Waals surface area contributed by atoms with Crippen LogP contribution in [0.2, 0.25) is 0 Å². The molecule has 6 nitrogen and oxygen atoms in total. The molecule has 1 aromatic carbocycles. The number of aryl methyl sites for hydroxylation is 2. The molecule has 0 radical (unpaired) electrons. The molecule has 0 atom stereocenters. The Bertz CT molecular complexity index is 955. The summed E-state index contributed by atoms with van der Waals surface area (Å²) >= 11 is 0. The van der Waals surface area contributed by atoms with Crippen LogP contribution >= 0.6 is 0 Å². The number of hydrogen-bond acceptors (Lipinski definition) is 3. The number of unbranched alkanes of at least 4 members (excludes halogenated alkanes) is 3. The number of aromatic carboxylic acids is 1. The highest BCUT2D eigenvalue weighted by Crippen LogP contribution is 2.33. The maximum Gasteiger partial charge on any atom is 0.354 e. The van der Waals surface area contributed by atoms with Gasteiger partial charge in [0.25, 0.3) is 0 Å². The first-order valence-electron chi connectivity index (χ1n) is 10.1. The Morgan fingerprint density at radius 3 is 2.57 bits per heavy atom. The lowest BCUT2D eigenvalue weighted by atomic mass is 10.1. The SMILES string of the molecule is CCCCCn1nc(-c2cn(CCCC)c3cc(OC)ccc23)cc1C(=O)O. The van der Waals surface area contributed by atoms with Gasteiger partial charge in [0.2, 0.25) is 0 Å². The van der Waals surface area contributed by atoms with Crippen molar-refractivity contribution in [2.24, 2.45) is 0 Å². The Kier molecular flexibility index (Phi) is 6.39. The summed E-state index contributed by atoms with van der Waals surface area (Å²) in [5.41, 5.74) is 3.00. The van der Waals surface area contributed by atoms with Gasteiger partial charge in [0, 0.05) is 36.3 Å². The second kappa shape index (κ2) is 8.95. The van der Waals surface area contributed by atoms with E-state index in [1.54, 1.807) is 17.9 Å². The van der Waals surface area contributed by atoms with Gasteiger partial charge in [-0.25, -0.2) is 4.79 Å². The molecule has 0 aliphatic rings. The van der Waals surface area contributed by atoms with Gasteiger partial charge >= 0.3 is 5.97 Å². The van der Waals surface area contributed by atoms with Gasteiger partial charge in [0.15, 0.2) is 0 Å². The van der Waals surface area contributed by atoms with Crippen molar-refractivity contribution in [2.45, 2.75) is 59.0 Å². The molecule has 3 aromatic rings. The largest absolute Gasteiger partial charge is 0.497 e. The maximum atomic E-state index is 11.7. The van der Waals surface area contributed by atoms with Crippen LogP contribution in [-0.2, 0) is 13.1 Å². The van der Waals surface area contributed by atoms with Gasteiger partial charge in [-0.2, -0.15) is 5.10 Å². The van der Waals surface area contributed by atoms with E-state index in [0.717, 1.165) is 60.9 Å². The van der Waals surface area contributed by atoms with Crippen LogP contribution in [-0.4, -0.2) is 32.5 Å². The van der Waals surface area contributed by atoms with Crippen molar-refractivity contribution in [3.05, 3.63) is 36.2 Å². The molecule has 0 fully saturated rings. The number of fused-ring (bicyclic) bond motifs is 1. The lowest BCUT2D eigenvalue weighted by Crippen LogP contribution is -2.10. The maximum absolute atomic E-state index is 11.7. The molecule has 0 saturated heterocycles. The zero-order valence-corrected chi connectivity index (χ0v) is 16.9. The number of hydrogen-bond donors (Lipinski definition) is 1. The Labute approximate surface area is 165 Å². The molecular formula is C22H29N3O3. The summed E-state index contributed by atoms with van der Waals surface area (Å²) in [5, 5.41) is 15.3. The normalized spacial score (nSPS) is 11.2. The van der Waals surface area contributed by atoms with Crippen LogP contribution in [0.15, 0.2) is 30.5 Å². The van der Waals surface area contributed by atoms with Crippen molar-refractivity contribution in [1.29, 1.82) is 0 Å². The Morgan fingerprint density at radius 1 is 1.11 bits per heavy atom. The van der Waals surface area contributed by atoms with E-state index in [9.17, 15) is 9.90 Å². The summed E-state index contributed by atoms with van der Waals surface area (Å²) < 4.78 is 9.24. The Morgan fingerprint density at radius 2 is 1.89 bits per heavy atom. The van der Waals surface area contributed by atoms with Crippen molar-refractivity contribution in [2.75, 3.05) is 7.11 Å². The average molecular weight is 383 g/mol. The molecule has 3 rings (SSSR count). The van der Waals surface area contributed by atoms with E-state index in [1.807, 2.05) is 18.2 Å². The first-order valence-corrected chi connectivity index (χ1v) is 10.1. The molecule has 150 valence electrons. The summed E-state index contributed by atoms with van der Waals surface area (Å²) in [6.45, 7) is 5.83. The highest BCUT2D eigenvalue weighted by atomic mass is 16.5. The number of rotatable bonds is 10. The average Bonchev–Trinajstić information content (AvgIpc) is 3.27. The fourth-order valence-electron chi connectivity index (χ4n) is 3.52. The molecular weight excluding hydrogens is 354 g/mol. The molecule has 0 amide bonds. The molecule has 2 aromatic heterocycles. The first kappa shape index (κ1) is 20.0. The van der Waals surface area contributed by atoms with E-state index in [1.165, 1.54) is 0 Å². The van der Waals surface area contributed by atoms with Crippen LogP contribution in [0.1, 0.15) is 56.4 Å². The number of carboxylic acids is 1. The molecule has 0 bridgehead atoms. The van der Waals surface area contributed by atoms with E-state index in [4.69, 9.17) is 4.74 Å². The topological polar surface area (TPSA) is 69.3 Å². The first-order chi connectivity index (χ1) is 13.6. The predicted octanol–water partition coefficient (Wildman–Crippen LogP) is 5.20. The smallest absolute Gasteiger partial charge is 0.354 e. The van der Waals surface area contributed by atoms with Crippen LogP contribution in [0.3, 0.4) is 0 Å². The third kappa shape index (κ3) is 4.06. The van der Waals surface area contributed by atoms with E-state index >= 15 is 0 Å². The van der Waals surface area contributed by atoms with E-state index < -0.39 is 5.97 Å². The van der Waals surface area contributed by atoms with E-state index in [2.05, 4.69) is 29.7 Å². The Hall–Kier alpha value is -2.76. The summed E-state index contributed by atoms with van der Waals surface area (Å²) in [7, 11) is 1.67. The monoisotopic (exact) mass is 383 g/mol. The molecule has 28 heavy (non-hydrogen) atoms. The van der Waals surface area contributed by atoms with Gasteiger partial charge in [-0.15, -0.1) is 0 Å². The van der Waals surface area contributed by atoms with Gasteiger partial charge in [-0.1, -0.05) is 33.1 Å². The quantitative estimate of drug-likeness (QED) is 0.488. The van der Waals surface area contributed by atoms with Crippen molar-refractivity contribution >= 4 is 16.9 Å². The van der Waals surface area contributed by atoms with Crippen molar-refractivity contribution in [3.8, 4) is 17.0 Å². The predicted molar refractivity (Wildman–Crippen MR) is 111 cm³/mol. The summed E-state index contributed by atoms with van der Waals surface area (Å²) in [6.07, 6.45) is 7.34. The molecule has 2 heterocycles. The minimum Gasteiger partial charge on any atom is -0.497 e. The van der Waals surface area contributed by atoms with E-state index in [0.29, 0.717) is 12.2 Å². The minimum atomic E-state index is -0.938. The van der Waals surface area contributed by atoms with Crippen LogP contribution in [0, 0.1) is 0 Å². The van der Waals surface area contributed by atoms with Gasteiger partial charge < -0.3 is 14.4 Å². The highest BCUT2D eigenvalue weighted by molar-refractivity contribution is 5.97.